The molecule has 5 heteroatoms. The van der Waals surface area contributed by atoms with Crippen LogP contribution < -0.4 is 0 Å². The number of benzene rings is 1. The van der Waals surface area contributed by atoms with E-state index in [9.17, 15) is 18.7 Å². The Labute approximate surface area is 123 Å². The van der Waals surface area contributed by atoms with Crippen LogP contribution >= 0.6 is 0 Å². The van der Waals surface area contributed by atoms with E-state index in [0.29, 0.717) is 25.9 Å². The summed E-state index contributed by atoms with van der Waals surface area (Å²) in [5.41, 5.74) is -0.206. The van der Waals surface area contributed by atoms with E-state index < -0.39 is 23.0 Å². The third-order valence-corrected chi connectivity index (χ3v) is 4.79. The summed E-state index contributed by atoms with van der Waals surface area (Å²) in [7, 11) is 0. The van der Waals surface area contributed by atoms with Crippen molar-refractivity contribution in [2.45, 2.75) is 39.7 Å². The summed E-state index contributed by atoms with van der Waals surface area (Å²) in [6, 6.07) is 2.08. The Morgan fingerprint density at radius 3 is 2.62 bits per heavy atom. The van der Waals surface area contributed by atoms with Gasteiger partial charge in [0.1, 0.15) is 11.6 Å². The van der Waals surface area contributed by atoms with E-state index in [1.165, 1.54) is 19.1 Å². The van der Waals surface area contributed by atoms with E-state index >= 15 is 0 Å². The van der Waals surface area contributed by atoms with Crippen molar-refractivity contribution in [2.24, 2.45) is 5.41 Å². The van der Waals surface area contributed by atoms with Crippen molar-refractivity contribution >= 4 is 5.97 Å². The van der Waals surface area contributed by atoms with Crippen LogP contribution in [0, 0.1) is 24.0 Å². The van der Waals surface area contributed by atoms with Gasteiger partial charge >= 0.3 is 5.97 Å². The van der Waals surface area contributed by atoms with Gasteiger partial charge < -0.3 is 5.11 Å². The minimum atomic E-state index is -0.810. The zero-order valence-corrected chi connectivity index (χ0v) is 12.6. The topological polar surface area (TPSA) is 40.5 Å². The molecule has 3 nitrogen and oxygen atoms in total. The maximum atomic E-state index is 14.1. The van der Waals surface area contributed by atoms with E-state index in [2.05, 4.69) is 0 Å². The normalized spacial score (nSPS) is 24.2. The average Bonchev–Trinajstić information content (AvgIpc) is 2.88. The van der Waals surface area contributed by atoms with Gasteiger partial charge in [-0.1, -0.05) is 6.92 Å². The van der Waals surface area contributed by atoms with Gasteiger partial charge in [0, 0.05) is 18.2 Å². The maximum absolute atomic E-state index is 14.1. The second-order valence-corrected chi connectivity index (χ2v) is 5.96. The molecule has 0 saturated carbocycles. The number of hydrogen-bond donors (Lipinski definition) is 1. The number of hydrogen-bond acceptors (Lipinski definition) is 2. The SMILES string of the molecule is CCC1(C(=O)O)CCN(C(C)c2cc(F)c(C)cc2F)C1. The summed E-state index contributed by atoms with van der Waals surface area (Å²) < 4.78 is 27.7. The van der Waals surface area contributed by atoms with Gasteiger partial charge in [0.25, 0.3) is 0 Å². The second kappa shape index (κ2) is 5.72. The van der Waals surface area contributed by atoms with Gasteiger partial charge in [-0.05, 0) is 50.9 Å². The maximum Gasteiger partial charge on any atom is 0.310 e. The van der Waals surface area contributed by atoms with Gasteiger partial charge in [-0.25, -0.2) is 8.78 Å². The predicted octanol–water partition coefficient (Wildman–Crippen LogP) is 3.52. The zero-order chi connectivity index (χ0) is 15.8. The van der Waals surface area contributed by atoms with E-state index in [1.807, 2.05) is 11.8 Å². The van der Waals surface area contributed by atoms with Gasteiger partial charge in [-0.3, -0.25) is 9.69 Å². The Morgan fingerprint density at radius 2 is 2.10 bits per heavy atom. The summed E-state index contributed by atoms with van der Waals surface area (Å²) in [5.74, 6) is -1.68. The van der Waals surface area contributed by atoms with Crippen LogP contribution in [0.2, 0.25) is 0 Å². The molecule has 0 aliphatic carbocycles. The molecule has 0 aromatic heterocycles. The first-order valence-electron chi connectivity index (χ1n) is 7.23. The van der Waals surface area contributed by atoms with Crippen molar-refractivity contribution in [2.75, 3.05) is 13.1 Å². The van der Waals surface area contributed by atoms with E-state index in [4.69, 9.17) is 0 Å². The first-order chi connectivity index (χ1) is 9.80. The highest BCUT2D eigenvalue weighted by atomic mass is 19.1. The number of aliphatic carboxylic acids is 1. The molecule has 2 atom stereocenters. The number of rotatable bonds is 4. The van der Waals surface area contributed by atoms with Crippen LogP contribution in [0.1, 0.15) is 43.9 Å². The van der Waals surface area contributed by atoms with Crippen molar-refractivity contribution in [1.82, 2.24) is 4.90 Å². The summed E-state index contributed by atoms with van der Waals surface area (Å²) in [6.45, 7) is 6.12. The van der Waals surface area contributed by atoms with Crippen LogP contribution in [-0.4, -0.2) is 29.1 Å². The lowest BCUT2D eigenvalue weighted by atomic mass is 9.84. The molecule has 1 aromatic rings. The molecular weight excluding hydrogens is 276 g/mol. The Kier molecular flexibility index (Phi) is 4.33. The smallest absolute Gasteiger partial charge is 0.310 e. The summed E-state index contributed by atoms with van der Waals surface area (Å²) >= 11 is 0. The number of aryl methyl sites for hydroxylation is 1. The zero-order valence-electron chi connectivity index (χ0n) is 12.6. The summed E-state index contributed by atoms with van der Waals surface area (Å²) in [4.78, 5) is 13.4. The van der Waals surface area contributed by atoms with Gasteiger partial charge in [0.05, 0.1) is 5.41 Å². The van der Waals surface area contributed by atoms with Gasteiger partial charge in [-0.2, -0.15) is 0 Å². The Bertz CT molecular complexity index is 561. The molecule has 1 N–H and O–H groups in total. The van der Waals surface area contributed by atoms with E-state index in [0.717, 1.165) is 0 Å². The molecule has 1 heterocycles. The Morgan fingerprint density at radius 1 is 1.43 bits per heavy atom. The van der Waals surface area contributed by atoms with E-state index in [-0.39, 0.29) is 17.2 Å². The highest BCUT2D eigenvalue weighted by Gasteiger charge is 2.44. The number of carboxylic acid groups (broad SMARTS) is 1. The lowest BCUT2D eigenvalue weighted by Gasteiger charge is -2.28. The fraction of sp³-hybridized carbons (Fsp3) is 0.562. The molecule has 0 bridgehead atoms. The van der Waals surface area contributed by atoms with Crippen molar-refractivity contribution in [3.63, 3.8) is 0 Å². The molecule has 2 rings (SSSR count). The molecule has 1 fully saturated rings. The largest absolute Gasteiger partial charge is 0.481 e. The average molecular weight is 297 g/mol. The molecule has 1 aliphatic rings. The van der Waals surface area contributed by atoms with Gasteiger partial charge in [-0.15, -0.1) is 0 Å². The van der Waals surface area contributed by atoms with Crippen molar-refractivity contribution < 1.29 is 18.7 Å². The van der Waals surface area contributed by atoms with Gasteiger partial charge in [0.2, 0.25) is 0 Å². The monoisotopic (exact) mass is 297 g/mol. The Hall–Kier alpha value is -1.49. The fourth-order valence-electron chi connectivity index (χ4n) is 3.03. The number of carboxylic acids is 1. The van der Waals surface area contributed by atoms with Crippen molar-refractivity contribution in [3.05, 3.63) is 34.9 Å². The molecule has 0 spiro atoms. The van der Waals surface area contributed by atoms with Crippen LogP contribution in [0.15, 0.2) is 12.1 Å². The quantitative estimate of drug-likeness (QED) is 0.924. The molecular formula is C16H21F2NO2. The number of likely N-dealkylation sites (tertiary alicyclic amines) is 1. The molecule has 0 radical (unpaired) electrons. The highest BCUT2D eigenvalue weighted by Crippen LogP contribution is 2.38. The molecule has 0 amide bonds. The van der Waals surface area contributed by atoms with Crippen molar-refractivity contribution in [1.29, 1.82) is 0 Å². The second-order valence-electron chi connectivity index (χ2n) is 5.96. The molecule has 1 saturated heterocycles. The van der Waals surface area contributed by atoms with Crippen LogP contribution in [0.5, 0.6) is 0 Å². The van der Waals surface area contributed by atoms with Crippen LogP contribution in [0.25, 0.3) is 0 Å². The number of nitrogens with zero attached hydrogens (tertiary/aromatic N) is 1. The molecule has 2 unspecified atom stereocenters. The van der Waals surface area contributed by atoms with Gasteiger partial charge in [0.15, 0.2) is 0 Å². The van der Waals surface area contributed by atoms with Crippen LogP contribution in [0.3, 0.4) is 0 Å². The predicted molar refractivity (Wildman–Crippen MR) is 76.1 cm³/mol. The third-order valence-electron chi connectivity index (χ3n) is 4.79. The first-order valence-corrected chi connectivity index (χ1v) is 7.23. The lowest BCUT2D eigenvalue weighted by Crippen LogP contribution is -2.35. The molecule has 1 aromatic carbocycles. The lowest BCUT2D eigenvalue weighted by molar-refractivity contribution is -0.148. The van der Waals surface area contributed by atoms with E-state index in [1.54, 1.807) is 6.92 Å². The third kappa shape index (κ3) is 2.79. The summed E-state index contributed by atoms with van der Waals surface area (Å²) in [6.07, 6.45) is 1.08. The van der Waals surface area contributed by atoms with Crippen LogP contribution in [0.4, 0.5) is 8.78 Å². The molecule has 116 valence electrons. The molecule has 1 aliphatic heterocycles. The summed E-state index contributed by atoms with van der Waals surface area (Å²) in [5, 5.41) is 9.41. The minimum Gasteiger partial charge on any atom is -0.481 e. The number of halogens is 2. The first kappa shape index (κ1) is 15.9. The highest BCUT2D eigenvalue weighted by molar-refractivity contribution is 5.75. The fourth-order valence-corrected chi connectivity index (χ4v) is 3.03. The van der Waals surface area contributed by atoms with Crippen molar-refractivity contribution in [3.8, 4) is 0 Å². The van der Waals surface area contributed by atoms with Crippen LogP contribution in [-0.2, 0) is 4.79 Å². The number of carbonyl (C=O) groups is 1. The standard InChI is InChI=1S/C16H21F2NO2/c1-4-16(15(20)21)5-6-19(9-16)11(3)12-8-13(17)10(2)7-14(12)18/h7-8,11H,4-6,9H2,1-3H3,(H,20,21). The Balaban J connectivity index is 2.24. The minimum absolute atomic E-state index is 0.276. The molecule has 21 heavy (non-hydrogen) atoms.